The van der Waals surface area contributed by atoms with Crippen LogP contribution in [0.15, 0.2) is 30.3 Å². The van der Waals surface area contributed by atoms with Gasteiger partial charge in [-0.15, -0.1) is 0 Å². The molecule has 0 bridgehead atoms. The van der Waals surface area contributed by atoms with Gasteiger partial charge in [0.25, 0.3) is 0 Å². The van der Waals surface area contributed by atoms with Crippen molar-refractivity contribution in [3.8, 4) is 0 Å². The molecule has 1 aliphatic heterocycles. The number of β-amino-alcohol motifs (C(OH)–C–C–N with tert-alkyl or cyclic N) is 1. The zero-order valence-corrected chi connectivity index (χ0v) is 11.0. The third-order valence-corrected chi connectivity index (χ3v) is 4.31. The maximum absolute atomic E-state index is 12.4. The van der Waals surface area contributed by atoms with Crippen molar-refractivity contribution in [2.75, 3.05) is 19.6 Å². The Labute approximate surface area is 113 Å². The van der Waals surface area contributed by atoms with Crippen LogP contribution in [0, 0.1) is 5.92 Å². The van der Waals surface area contributed by atoms with Crippen LogP contribution in [0.2, 0.25) is 0 Å². The largest absolute Gasteiger partial charge is 0.386 e. The highest BCUT2D eigenvalue weighted by molar-refractivity contribution is 5.85. The molecular weight excluding hydrogens is 240 g/mol. The molecule has 1 amide bonds. The first kappa shape index (κ1) is 12.6. The third kappa shape index (κ3) is 2.26. The number of likely N-dealkylation sites (tertiary alicyclic amines) is 1. The SMILES string of the molecule is NCC(C(=O)N1CC(O)(C2CC2)C1)c1ccccc1. The van der Waals surface area contributed by atoms with Crippen molar-refractivity contribution in [2.24, 2.45) is 11.7 Å². The van der Waals surface area contributed by atoms with Gasteiger partial charge in [0.05, 0.1) is 19.0 Å². The Morgan fingerprint density at radius 3 is 2.53 bits per heavy atom. The van der Waals surface area contributed by atoms with Gasteiger partial charge in [-0.25, -0.2) is 0 Å². The molecule has 1 aromatic rings. The van der Waals surface area contributed by atoms with Crippen molar-refractivity contribution < 1.29 is 9.90 Å². The molecule has 19 heavy (non-hydrogen) atoms. The lowest BCUT2D eigenvalue weighted by molar-refractivity contribution is -0.160. The predicted molar refractivity (Wildman–Crippen MR) is 72.5 cm³/mol. The molecule has 1 saturated carbocycles. The molecule has 0 radical (unpaired) electrons. The standard InChI is InChI=1S/C15H20N2O2/c16-8-13(11-4-2-1-3-5-11)14(18)17-9-15(19,10-17)12-6-7-12/h1-5,12-13,19H,6-10,16H2. The molecule has 1 atom stereocenters. The van der Waals surface area contributed by atoms with E-state index in [0.29, 0.717) is 25.6 Å². The molecule has 1 unspecified atom stereocenters. The van der Waals surface area contributed by atoms with Crippen LogP contribution in [0.3, 0.4) is 0 Å². The second-order valence-corrected chi connectivity index (χ2v) is 5.77. The fourth-order valence-corrected chi connectivity index (χ4v) is 2.93. The van der Waals surface area contributed by atoms with Crippen molar-refractivity contribution in [1.82, 2.24) is 4.90 Å². The Morgan fingerprint density at radius 2 is 2.00 bits per heavy atom. The minimum atomic E-state index is -0.620. The van der Waals surface area contributed by atoms with E-state index in [1.165, 1.54) is 0 Å². The summed E-state index contributed by atoms with van der Waals surface area (Å²) in [6.45, 7) is 1.25. The van der Waals surface area contributed by atoms with Crippen LogP contribution in [-0.4, -0.2) is 41.1 Å². The quantitative estimate of drug-likeness (QED) is 0.838. The molecule has 0 aromatic heterocycles. The number of carbonyl (C=O) groups excluding carboxylic acids is 1. The number of nitrogens with zero attached hydrogens (tertiary/aromatic N) is 1. The number of amides is 1. The van der Waals surface area contributed by atoms with Crippen molar-refractivity contribution in [1.29, 1.82) is 0 Å². The van der Waals surface area contributed by atoms with Crippen LogP contribution in [0.4, 0.5) is 0 Å². The second kappa shape index (κ2) is 4.62. The summed E-state index contributed by atoms with van der Waals surface area (Å²) in [6.07, 6.45) is 2.19. The van der Waals surface area contributed by atoms with Gasteiger partial charge in [-0.05, 0) is 24.3 Å². The summed E-state index contributed by atoms with van der Waals surface area (Å²) in [5.74, 6) is 0.161. The molecule has 2 fully saturated rings. The molecule has 1 heterocycles. The van der Waals surface area contributed by atoms with Crippen LogP contribution >= 0.6 is 0 Å². The molecule has 4 nitrogen and oxygen atoms in total. The van der Waals surface area contributed by atoms with Gasteiger partial charge < -0.3 is 15.7 Å². The van der Waals surface area contributed by atoms with E-state index in [1.807, 2.05) is 30.3 Å². The molecule has 1 aliphatic carbocycles. The van der Waals surface area contributed by atoms with Crippen molar-refractivity contribution in [3.63, 3.8) is 0 Å². The highest BCUT2D eigenvalue weighted by atomic mass is 16.3. The van der Waals surface area contributed by atoms with E-state index in [9.17, 15) is 9.90 Å². The van der Waals surface area contributed by atoms with Crippen molar-refractivity contribution in [2.45, 2.75) is 24.4 Å². The van der Waals surface area contributed by atoms with Crippen LogP contribution in [0.25, 0.3) is 0 Å². The average Bonchev–Trinajstić information content (AvgIpc) is 3.21. The lowest BCUT2D eigenvalue weighted by atomic mass is 9.86. The van der Waals surface area contributed by atoms with E-state index < -0.39 is 5.60 Å². The van der Waals surface area contributed by atoms with E-state index in [1.54, 1.807) is 4.90 Å². The van der Waals surface area contributed by atoms with Gasteiger partial charge in [-0.3, -0.25) is 4.79 Å². The highest BCUT2D eigenvalue weighted by Crippen LogP contribution is 2.45. The first-order valence-corrected chi connectivity index (χ1v) is 6.90. The average molecular weight is 260 g/mol. The van der Waals surface area contributed by atoms with Gasteiger partial charge in [-0.2, -0.15) is 0 Å². The van der Waals surface area contributed by atoms with E-state index in [2.05, 4.69) is 0 Å². The number of nitrogens with two attached hydrogens (primary N) is 1. The van der Waals surface area contributed by atoms with Gasteiger partial charge >= 0.3 is 0 Å². The number of carbonyl (C=O) groups is 1. The lowest BCUT2D eigenvalue weighted by Gasteiger charge is -2.48. The van der Waals surface area contributed by atoms with Crippen molar-refractivity contribution in [3.05, 3.63) is 35.9 Å². The maximum atomic E-state index is 12.4. The van der Waals surface area contributed by atoms with E-state index >= 15 is 0 Å². The number of rotatable bonds is 4. The Bertz CT molecular complexity index is 464. The first-order chi connectivity index (χ1) is 9.14. The molecule has 102 valence electrons. The smallest absolute Gasteiger partial charge is 0.231 e. The summed E-state index contributed by atoms with van der Waals surface area (Å²) >= 11 is 0. The van der Waals surface area contributed by atoms with Gasteiger partial charge in [0.2, 0.25) is 5.91 Å². The lowest BCUT2D eigenvalue weighted by Crippen LogP contribution is -2.65. The van der Waals surface area contributed by atoms with Crippen molar-refractivity contribution >= 4 is 5.91 Å². The van der Waals surface area contributed by atoms with E-state index in [-0.39, 0.29) is 11.8 Å². The normalized spacial score (nSPS) is 22.7. The minimum Gasteiger partial charge on any atom is -0.386 e. The summed E-state index contributed by atoms with van der Waals surface area (Å²) in [5, 5.41) is 10.3. The summed E-state index contributed by atoms with van der Waals surface area (Å²) in [4.78, 5) is 14.2. The highest BCUT2D eigenvalue weighted by Gasteiger charge is 2.53. The van der Waals surface area contributed by atoms with Gasteiger partial charge in [0.15, 0.2) is 0 Å². The van der Waals surface area contributed by atoms with Gasteiger partial charge in [0, 0.05) is 6.54 Å². The topological polar surface area (TPSA) is 66.6 Å². The van der Waals surface area contributed by atoms with E-state index in [4.69, 9.17) is 5.73 Å². The van der Waals surface area contributed by atoms with Gasteiger partial charge in [-0.1, -0.05) is 30.3 Å². The molecule has 2 aliphatic rings. The fourth-order valence-electron chi connectivity index (χ4n) is 2.93. The Balaban J connectivity index is 1.66. The molecule has 3 N–H and O–H groups in total. The van der Waals surface area contributed by atoms with Crippen LogP contribution in [0.1, 0.15) is 24.3 Å². The Hall–Kier alpha value is -1.39. The zero-order valence-electron chi connectivity index (χ0n) is 11.0. The van der Waals surface area contributed by atoms with Gasteiger partial charge in [0.1, 0.15) is 5.60 Å². The fraction of sp³-hybridized carbons (Fsp3) is 0.533. The summed E-state index contributed by atoms with van der Waals surface area (Å²) in [6, 6.07) is 9.63. The third-order valence-electron chi connectivity index (χ3n) is 4.31. The molecule has 1 aromatic carbocycles. The van der Waals surface area contributed by atoms with Crippen LogP contribution in [-0.2, 0) is 4.79 Å². The Morgan fingerprint density at radius 1 is 1.37 bits per heavy atom. The van der Waals surface area contributed by atoms with Crippen LogP contribution in [0.5, 0.6) is 0 Å². The summed E-state index contributed by atoms with van der Waals surface area (Å²) < 4.78 is 0. The monoisotopic (exact) mass is 260 g/mol. The van der Waals surface area contributed by atoms with Crippen LogP contribution < -0.4 is 5.73 Å². The second-order valence-electron chi connectivity index (χ2n) is 5.77. The Kier molecular flexibility index (Phi) is 3.07. The summed E-state index contributed by atoms with van der Waals surface area (Å²) in [5.41, 5.74) is 6.09. The maximum Gasteiger partial charge on any atom is 0.231 e. The summed E-state index contributed by atoms with van der Waals surface area (Å²) in [7, 11) is 0. The number of hydrogen-bond donors (Lipinski definition) is 2. The first-order valence-electron chi connectivity index (χ1n) is 6.90. The minimum absolute atomic E-state index is 0.0408. The molecule has 3 rings (SSSR count). The molecular formula is C15H20N2O2. The van der Waals surface area contributed by atoms with E-state index in [0.717, 1.165) is 18.4 Å². The number of hydrogen-bond acceptors (Lipinski definition) is 3. The molecule has 0 spiro atoms. The molecule has 1 saturated heterocycles. The molecule has 4 heteroatoms. The number of benzene rings is 1. The zero-order chi connectivity index (χ0) is 13.5. The number of aliphatic hydroxyl groups is 1. The predicted octanol–water partition coefficient (Wildman–Crippen LogP) is 0.712.